The quantitative estimate of drug-likeness (QED) is 0.733. The second-order valence-electron chi connectivity index (χ2n) is 7.76. The van der Waals surface area contributed by atoms with Crippen LogP contribution < -0.4 is 5.32 Å². The Kier molecular flexibility index (Phi) is 6.38. The Morgan fingerprint density at radius 3 is 2.60 bits per heavy atom. The van der Waals surface area contributed by atoms with Crippen LogP contribution in [-0.4, -0.2) is 35.4 Å². The molecule has 1 aliphatic heterocycles. The van der Waals surface area contributed by atoms with Gasteiger partial charge in [-0.15, -0.1) is 0 Å². The summed E-state index contributed by atoms with van der Waals surface area (Å²) < 4.78 is 6.08. The number of nitrogens with one attached hydrogen (secondary N) is 1. The van der Waals surface area contributed by atoms with Gasteiger partial charge < -0.3 is 15.0 Å². The zero-order valence-electron chi connectivity index (χ0n) is 16.7. The molecule has 0 bridgehead atoms. The van der Waals surface area contributed by atoms with Gasteiger partial charge in [0.05, 0.1) is 6.04 Å². The molecule has 0 spiro atoms. The van der Waals surface area contributed by atoms with Crippen molar-refractivity contribution >= 4 is 29.5 Å². The van der Waals surface area contributed by atoms with Crippen LogP contribution >= 0.6 is 11.6 Å². The van der Waals surface area contributed by atoms with E-state index in [1.165, 1.54) is 0 Å². The van der Waals surface area contributed by atoms with Gasteiger partial charge in [-0.3, -0.25) is 9.59 Å². The molecule has 1 aliphatic carbocycles. The molecule has 2 aromatic carbocycles. The summed E-state index contributed by atoms with van der Waals surface area (Å²) in [6.45, 7) is 0.429. The number of hydrogen-bond acceptors (Lipinski definition) is 3. The fourth-order valence-electron chi connectivity index (χ4n) is 4.08. The largest absolute Gasteiger partial charge is 0.482 e. The maximum atomic E-state index is 13.2. The van der Waals surface area contributed by atoms with Crippen LogP contribution in [0.2, 0.25) is 5.02 Å². The Hall–Kier alpha value is -2.79. The Labute approximate surface area is 181 Å². The highest BCUT2D eigenvalue weighted by molar-refractivity contribution is 6.30. The molecule has 30 heavy (non-hydrogen) atoms. The van der Waals surface area contributed by atoms with Crippen molar-refractivity contribution in [1.29, 1.82) is 0 Å². The monoisotopic (exact) mass is 424 g/mol. The molecule has 2 atom stereocenters. The molecule has 0 radical (unpaired) electrons. The first kappa shape index (κ1) is 20.5. The van der Waals surface area contributed by atoms with Gasteiger partial charge in [-0.2, -0.15) is 0 Å². The van der Waals surface area contributed by atoms with E-state index in [9.17, 15) is 9.59 Å². The normalized spacial score (nSPS) is 22.4. The van der Waals surface area contributed by atoms with Gasteiger partial charge in [-0.25, -0.2) is 0 Å². The zero-order valence-corrected chi connectivity index (χ0v) is 17.5. The van der Waals surface area contributed by atoms with Crippen LogP contribution in [0.15, 0.2) is 60.4 Å². The van der Waals surface area contributed by atoms with Crippen molar-refractivity contribution in [3.63, 3.8) is 0 Å². The molecule has 1 saturated heterocycles. The number of hydrogen-bond donors (Lipinski definition) is 1. The number of fused-ring (bicyclic) bond motifs is 1. The summed E-state index contributed by atoms with van der Waals surface area (Å²) in [4.78, 5) is 27.5. The highest BCUT2D eigenvalue weighted by atomic mass is 35.5. The Morgan fingerprint density at radius 2 is 1.83 bits per heavy atom. The lowest BCUT2D eigenvalue weighted by molar-refractivity contribution is -0.151. The number of amides is 2. The molecule has 2 aromatic rings. The molecule has 1 saturated carbocycles. The average molecular weight is 425 g/mol. The molecule has 4 rings (SSSR count). The van der Waals surface area contributed by atoms with E-state index in [1.807, 2.05) is 42.5 Å². The predicted octanol–water partition coefficient (Wildman–Crippen LogP) is 4.17. The molecular weight excluding hydrogens is 400 g/mol. The van der Waals surface area contributed by atoms with Crippen LogP contribution in [0.3, 0.4) is 0 Å². The van der Waals surface area contributed by atoms with E-state index in [2.05, 4.69) is 5.32 Å². The lowest BCUT2D eigenvalue weighted by Gasteiger charge is -2.44. The van der Waals surface area contributed by atoms with Gasteiger partial charge in [0.25, 0.3) is 5.91 Å². The van der Waals surface area contributed by atoms with Crippen molar-refractivity contribution in [1.82, 2.24) is 10.2 Å². The van der Waals surface area contributed by atoms with E-state index in [0.29, 0.717) is 17.3 Å². The summed E-state index contributed by atoms with van der Waals surface area (Å²) in [6, 6.07) is 16.9. The number of rotatable bonds is 5. The minimum absolute atomic E-state index is 0.0308. The second kappa shape index (κ2) is 9.35. The molecule has 2 fully saturated rings. The molecular formula is C24H25ClN2O3. The number of benzene rings is 2. The number of ether oxygens (including phenoxy) is 1. The zero-order chi connectivity index (χ0) is 20.9. The van der Waals surface area contributed by atoms with Crippen molar-refractivity contribution < 1.29 is 14.3 Å². The smallest absolute Gasteiger partial charge is 0.289 e. The molecule has 1 heterocycles. The van der Waals surface area contributed by atoms with Crippen LogP contribution in [0.4, 0.5) is 0 Å². The summed E-state index contributed by atoms with van der Waals surface area (Å²) in [5, 5.41) is 3.57. The molecule has 2 unspecified atom stereocenters. The van der Waals surface area contributed by atoms with Crippen molar-refractivity contribution in [3.8, 4) is 0 Å². The summed E-state index contributed by atoms with van der Waals surface area (Å²) >= 11 is 5.91. The predicted molar refractivity (Wildman–Crippen MR) is 117 cm³/mol. The fraction of sp³-hybridized carbons (Fsp3) is 0.333. The third kappa shape index (κ3) is 4.85. The summed E-state index contributed by atoms with van der Waals surface area (Å²) in [5.74, 6) is -0.0814. The van der Waals surface area contributed by atoms with Crippen LogP contribution in [-0.2, 0) is 20.9 Å². The lowest BCUT2D eigenvalue weighted by Crippen LogP contribution is -2.57. The third-order valence-corrected chi connectivity index (χ3v) is 5.88. The minimum Gasteiger partial charge on any atom is -0.482 e. The topological polar surface area (TPSA) is 58.6 Å². The van der Waals surface area contributed by atoms with Crippen LogP contribution in [0, 0.1) is 0 Å². The van der Waals surface area contributed by atoms with Crippen molar-refractivity contribution in [2.75, 3.05) is 6.54 Å². The summed E-state index contributed by atoms with van der Waals surface area (Å²) in [6.07, 6.45) is 5.58. The highest BCUT2D eigenvalue weighted by Gasteiger charge is 2.42. The third-order valence-electron chi connectivity index (χ3n) is 5.63. The van der Waals surface area contributed by atoms with E-state index >= 15 is 0 Å². The SMILES string of the molecule is O=C(CN1C(=O)/C(=C\c2ccccc2)OC2CCCCC21)NCc1ccc(Cl)cc1. The van der Waals surface area contributed by atoms with Gasteiger partial charge in [-0.1, -0.05) is 60.5 Å². The fourth-order valence-corrected chi connectivity index (χ4v) is 4.20. The molecule has 156 valence electrons. The Balaban J connectivity index is 1.47. The summed E-state index contributed by atoms with van der Waals surface area (Å²) in [7, 11) is 0. The van der Waals surface area contributed by atoms with Crippen LogP contribution in [0.1, 0.15) is 36.8 Å². The Bertz CT molecular complexity index is 927. The lowest BCUT2D eigenvalue weighted by atomic mass is 9.89. The maximum absolute atomic E-state index is 13.2. The van der Waals surface area contributed by atoms with Crippen LogP contribution in [0.25, 0.3) is 6.08 Å². The van der Waals surface area contributed by atoms with Crippen molar-refractivity contribution in [2.45, 2.75) is 44.4 Å². The van der Waals surface area contributed by atoms with E-state index in [4.69, 9.17) is 16.3 Å². The van der Waals surface area contributed by atoms with E-state index in [0.717, 1.165) is 36.8 Å². The number of carbonyl (C=O) groups is 2. The standard InChI is InChI=1S/C24H25ClN2O3/c25-19-12-10-18(11-13-19)15-26-23(28)16-27-20-8-4-5-9-21(20)30-22(24(27)29)14-17-6-2-1-3-7-17/h1-3,6-7,10-14,20-21H,4-5,8-9,15-16H2,(H,26,28)/b22-14+. The van der Waals surface area contributed by atoms with Gasteiger partial charge in [0.15, 0.2) is 5.76 Å². The molecule has 2 amide bonds. The summed E-state index contributed by atoms with van der Waals surface area (Å²) in [5.41, 5.74) is 1.86. The van der Waals surface area contributed by atoms with E-state index < -0.39 is 0 Å². The molecule has 6 heteroatoms. The van der Waals surface area contributed by atoms with Crippen molar-refractivity contribution in [3.05, 3.63) is 76.5 Å². The first-order chi connectivity index (χ1) is 14.6. The van der Waals surface area contributed by atoms with Crippen LogP contribution in [0.5, 0.6) is 0 Å². The molecule has 2 aliphatic rings. The second-order valence-corrected chi connectivity index (χ2v) is 8.20. The van der Waals surface area contributed by atoms with Gasteiger partial charge in [0.2, 0.25) is 5.91 Å². The number of carbonyl (C=O) groups excluding carboxylic acids is 2. The van der Waals surface area contributed by atoms with Gasteiger partial charge in [0, 0.05) is 11.6 Å². The van der Waals surface area contributed by atoms with Gasteiger partial charge in [-0.05, 0) is 48.6 Å². The van der Waals surface area contributed by atoms with Gasteiger partial charge >= 0.3 is 0 Å². The van der Waals surface area contributed by atoms with Crippen molar-refractivity contribution in [2.24, 2.45) is 0 Å². The molecule has 1 N–H and O–H groups in total. The number of nitrogens with zero attached hydrogens (tertiary/aromatic N) is 1. The maximum Gasteiger partial charge on any atom is 0.289 e. The number of morpholine rings is 1. The molecule has 0 aromatic heterocycles. The van der Waals surface area contributed by atoms with E-state index in [1.54, 1.807) is 23.1 Å². The first-order valence-corrected chi connectivity index (χ1v) is 10.7. The number of halogens is 1. The Morgan fingerprint density at radius 1 is 1.10 bits per heavy atom. The average Bonchev–Trinajstić information content (AvgIpc) is 2.77. The minimum atomic E-state index is -0.219. The van der Waals surface area contributed by atoms with Gasteiger partial charge in [0.1, 0.15) is 12.6 Å². The molecule has 5 nitrogen and oxygen atoms in total. The highest BCUT2D eigenvalue weighted by Crippen LogP contribution is 2.33. The first-order valence-electron chi connectivity index (χ1n) is 10.4. The van der Waals surface area contributed by atoms with E-state index in [-0.39, 0.29) is 30.5 Å².